The number of hydrogen-bond donors (Lipinski definition) is 0. The highest BCUT2D eigenvalue weighted by atomic mass is 35.5. The number of methoxy groups -OCH3 is 1. The Kier molecular flexibility index (Phi) is 4.58. The molecule has 0 amide bonds. The van der Waals surface area contributed by atoms with Gasteiger partial charge >= 0.3 is 17.8 Å². The van der Waals surface area contributed by atoms with Crippen LogP contribution in [0.25, 0.3) is 0 Å². The molecule has 0 N–H and O–H groups in total. The van der Waals surface area contributed by atoms with Crippen molar-refractivity contribution in [2.75, 3.05) is 7.11 Å². The summed E-state index contributed by atoms with van der Waals surface area (Å²) in [5.41, 5.74) is -3.16. The summed E-state index contributed by atoms with van der Waals surface area (Å²) in [4.78, 5) is 20.4. The molecule has 10 heteroatoms. The predicted molar refractivity (Wildman–Crippen MR) is 90.9 cm³/mol. The largest absolute Gasteiger partial charge is 0.465 e. The number of halogens is 5. The van der Waals surface area contributed by atoms with Gasteiger partial charge in [0.1, 0.15) is 5.84 Å². The van der Waals surface area contributed by atoms with Gasteiger partial charge in [-0.25, -0.2) is 14.8 Å². The molecule has 0 bridgehead atoms. The summed E-state index contributed by atoms with van der Waals surface area (Å²) in [7, 11) is 0.829. The maximum absolute atomic E-state index is 13.8. The normalized spacial score (nSPS) is 22.6. The number of hydrogen-bond acceptors (Lipinski definition) is 5. The maximum atomic E-state index is 13.8. The van der Waals surface area contributed by atoms with E-state index >= 15 is 0 Å². The van der Waals surface area contributed by atoms with E-state index in [-0.39, 0.29) is 21.7 Å². The van der Waals surface area contributed by atoms with Gasteiger partial charge in [-0.2, -0.15) is 13.2 Å². The van der Waals surface area contributed by atoms with Gasteiger partial charge in [-0.3, -0.25) is 4.90 Å². The highest BCUT2D eigenvalue weighted by molar-refractivity contribution is 6.47. The number of benzene rings is 1. The SMILES string of the molecule is COC(=O)[C@@]1(C(F)(F)F)N=C2C(Cl)=CC(Cl)=CN2C(c2ccccc2)=N1. The summed E-state index contributed by atoms with van der Waals surface area (Å²) in [6.07, 6.45) is -2.61. The molecule has 136 valence electrons. The zero-order valence-electron chi connectivity index (χ0n) is 13.1. The number of ether oxygens (including phenoxy) is 1. The predicted octanol–water partition coefficient (Wildman–Crippen LogP) is 3.80. The zero-order valence-corrected chi connectivity index (χ0v) is 14.6. The molecule has 0 saturated carbocycles. The van der Waals surface area contributed by atoms with Gasteiger partial charge in [0, 0.05) is 11.8 Å². The van der Waals surface area contributed by atoms with Crippen LogP contribution >= 0.6 is 23.2 Å². The van der Waals surface area contributed by atoms with Crippen molar-refractivity contribution in [3.63, 3.8) is 0 Å². The number of allylic oxidation sites excluding steroid dienone is 2. The second kappa shape index (κ2) is 6.44. The average Bonchev–Trinajstić information content (AvgIpc) is 2.60. The molecule has 0 fully saturated rings. The second-order valence-corrected chi connectivity index (χ2v) is 6.12. The smallest absolute Gasteiger partial charge is 0.445 e. The highest BCUT2D eigenvalue weighted by Crippen LogP contribution is 2.41. The van der Waals surface area contributed by atoms with Crippen LogP contribution in [0.15, 0.2) is 62.7 Å². The summed E-state index contributed by atoms with van der Waals surface area (Å²) in [6.45, 7) is 0. The van der Waals surface area contributed by atoms with Crippen molar-refractivity contribution in [1.29, 1.82) is 0 Å². The number of aliphatic imine (C=N–C) groups is 2. The molecule has 0 saturated heterocycles. The van der Waals surface area contributed by atoms with Gasteiger partial charge < -0.3 is 4.74 Å². The van der Waals surface area contributed by atoms with Gasteiger partial charge in [-0.05, 0) is 6.08 Å². The minimum atomic E-state index is -5.15. The number of esters is 1. The number of fused-ring (bicyclic) bond motifs is 1. The van der Waals surface area contributed by atoms with E-state index in [0.29, 0.717) is 5.56 Å². The first kappa shape index (κ1) is 18.5. The summed E-state index contributed by atoms with van der Waals surface area (Å²) in [5.74, 6) is -2.17. The monoisotopic (exact) mass is 403 g/mol. The van der Waals surface area contributed by atoms with Crippen molar-refractivity contribution in [2.24, 2.45) is 9.98 Å². The van der Waals surface area contributed by atoms with Gasteiger partial charge in [0.05, 0.1) is 17.2 Å². The molecule has 1 aromatic rings. The Balaban J connectivity index is 2.32. The first-order chi connectivity index (χ1) is 12.2. The van der Waals surface area contributed by atoms with Crippen molar-refractivity contribution in [3.8, 4) is 0 Å². The van der Waals surface area contributed by atoms with Crippen LogP contribution in [-0.4, -0.2) is 41.5 Å². The molecule has 0 unspecified atom stereocenters. The lowest BCUT2D eigenvalue weighted by molar-refractivity contribution is -0.202. The number of nitrogens with zero attached hydrogens (tertiary/aromatic N) is 3. The third kappa shape index (κ3) is 2.89. The van der Waals surface area contributed by atoms with E-state index in [2.05, 4.69) is 14.7 Å². The van der Waals surface area contributed by atoms with Crippen LogP contribution < -0.4 is 0 Å². The molecule has 5 nitrogen and oxygen atoms in total. The van der Waals surface area contributed by atoms with Gasteiger partial charge in [0.25, 0.3) is 0 Å². The first-order valence-corrected chi connectivity index (χ1v) is 7.89. The number of rotatable bonds is 2. The van der Waals surface area contributed by atoms with E-state index in [9.17, 15) is 18.0 Å². The lowest BCUT2D eigenvalue weighted by atomic mass is 10.1. The van der Waals surface area contributed by atoms with Crippen molar-refractivity contribution in [3.05, 3.63) is 58.2 Å². The average molecular weight is 404 g/mol. The molecule has 1 aromatic carbocycles. The van der Waals surface area contributed by atoms with E-state index in [4.69, 9.17) is 23.2 Å². The number of alkyl halides is 3. The third-order valence-corrected chi connectivity index (χ3v) is 4.10. The lowest BCUT2D eigenvalue weighted by Crippen LogP contribution is -2.56. The van der Waals surface area contributed by atoms with Gasteiger partial charge in [-0.1, -0.05) is 53.5 Å². The Hall–Kier alpha value is -2.32. The van der Waals surface area contributed by atoms with Crippen molar-refractivity contribution >= 4 is 40.8 Å². The summed E-state index contributed by atoms with van der Waals surface area (Å²) >= 11 is 12.0. The molecule has 1 atom stereocenters. The van der Waals surface area contributed by atoms with Gasteiger partial charge in [0.2, 0.25) is 0 Å². The van der Waals surface area contributed by atoms with Crippen LogP contribution in [0.1, 0.15) is 5.56 Å². The fourth-order valence-corrected chi connectivity index (χ4v) is 2.96. The summed E-state index contributed by atoms with van der Waals surface area (Å²) in [6, 6.07) is 7.99. The Morgan fingerprint density at radius 2 is 1.77 bits per heavy atom. The topological polar surface area (TPSA) is 54.3 Å². The number of carbonyl (C=O) groups excluding carboxylic acids is 1. The van der Waals surface area contributed by atoms with E-state index in [1.807, 2.05) is 0 Å². The molecule has 0 radical (unpaired) electrons. The molecular formula is C16H10Cl2F3N3O2. The van der Waals surface area contributed by atoms with Crippen LogP contribution in [-0.2, 0) is 9.53 Å². The molecule has 3 rings (SSSR count). The second-order valence-electron chi connectivity index (χ2n) is 5.27. The van der Waals surface area contributed by atoms with Crippen LogP contribution in [0.3, 0.4) is 0 Å². The summed E-state index contributed by atoms with van der Waals surface area (Å²) < 4.78 is 45.9. The Labute approximate surface area is 156 Å². The Morgan fingerprint density at radius 3 is 2.35 bits per heavy atom. The van der Waals surface area contributed by atoms with Crippen LogP contribution in [0, 0.1) is 0 Å². The Bertz CT molecular complexity index is 878. The molecule has 0 aromatic heterocycles. The maximum Gasteiger partial charge on any atom is 0.445 e. The first-order valence-electron chi connectivity index (χ1n) is 7.14. The minimum absolute atomic E-state index is 0.162. The Morgan fingerprint density at radius 1 is 1.15 bits per heavy atom. The minimum Gasteiger partial charge on any atom is -0.465 e. The van der Waals surface area contributed by atoms with Crippen molar-refractivity contribution < 1.29 is 22.7 Å². The molecule has 2 heterocycles. The fourth-order valence-electron chi connectivity index (χ4n) is 2.44. The van der Waals surface area contributed by atoms with E-state index < -0.39 is 17.8 Å². The van der Waals surface area contributed by atoms with Crippen LogP contribution in [0.5, 0.6) is 0 Å². The van der Waals surface area contributed by atoms with Crippen molar-refractivity contribution in [2.45, 2.75) is 11.8 Å². The molecule has 2 aliphatic heterocycles. The molecule has 2 aliphatic rings. The lowest BCUT2D eigenvalue weighted by Gasteiger charge is -2.36. The summed E-state index contributed by atoms with van der Waals surface area (Å²) in [5, 5.41) is -0.00600. The quantitative estimate of drug-likeness (QED) is 0.705. The fraction of sp³-hybridized carbons (Fsp3) is 0.188. The standard InChI is InChI=1S/C16H10Cl2F3N3O2/c1-26-14(25)15(16(19,20)21)22-12(9-5-3-2-4-6-9)24-8-10(17)7-11(18)13(24)23-15/h2-8H,1H3/t15-/m0/s1. The highest BCUT2D eigenvalue weighted by Gasteiger charge is 2.65. The van der Waals surface area contributed by atoms with E-state index in [1.54, 1.807) is 18.2 Å². The van der Waals surface area contributed by atoms with Crippen LogP contribution in [0.2, 0.25) is 0 Å². The van der Waals surface area contributed by atoms with Gasteiger partial charge in [0.15, 0.2) is 5.84 Å². The van der Waals surface area contributed by atoms with Crippen molar-refractivity contribution in [1.82, 2.24) is 4.90 Å². The van der Waals surface area contributed by atoms with Crippen LogP contribution in [0.4, 0.5) is 13.2 Å². The third-order valence-electron chi connectivity index (χ3n) is 3.62. The molecule has 26 heavy (non-hydrogen) atoms. The zero-order chi connectivity index (χ0) is 19.1. The number of amidine groups is 2. The molecular weight excluding hydrogens is 394 g/mol. The van der Waals surface area contributed by atoms with Gasteiger partial charge in [-0.15, -0.1) is 0 Å². The van der Waals surface area contributed by atoms with E-state index in [0.717, 1.165) is 7.11 Å². The number of carbonyl (C=O) groups is 1. The van der Waals surface area contributed by atoms with E-state index in [1.165, 1.54) is 29.3 Å². The molecule has 0 spiro atoms. The molecule has 0 aliphatic carbocycles.